The van der Waals surface area contributed by atoms with Gasteiger partial charge in [0, 0.05) is 18.8 Å². The van der Waals surface area contributed by atoms with Gasteiger partial charge in [0.1, 0.15) is 5.78 Å². The van der Waals surface area contributed by atoms with Crippen molar-refractivity contribution in [3.05, 3.63) is 24.4 Å². The van der Waals surface area contributed by atoms with Crippen LogP contribution in [0, 0.1) is 0 Å². The second-order valence-electron chi connectivity index (χ2n) is 4.10. The number of ketones is 1. The number of carbonyl (C=O) groups is 1. The Labute approximate surface area is 91.9 Å². The first-order valence-electron chi connectivity index (χ1n) is 5.47. The van der Waals surface area contributed by atoms with Crippen molar-refractivity contribution in [2.45, 2.75) is 31.8 Å². The van der Waals surface area contributed by atoms with Crippen LogP contribution in [0.5, 0.6) is 0 Å². The number of carbonyl (C=O) groups excluding carboxylic acids is 1. The van der Waals surface area contributed by atoms with Crippen LogP contribution in [0.15, 0.2) is 24.4 Å². The van der Waals surface area contributed by atoms with Gasteiger partial charge in [-0.2, -0.15) is 0 Å². The van der Waals surface area contributed by atoms with Gasteiger partial charge in [0.25, 0.3) is 0 Å². The molecule has 1 aromatic heterocycles. The Morgan fingerprint density at radius 3 is 3.07 bits per heavy atom. The number of nitrogens with zero attached hydrogens (tertiary/aromatic N) is 1. The van der Waals surface area contributed by atoms with Gasteiger partial charge in [-0.15, -0.1) is 0 Å². The number of aromatic nitrogens is 1. The molecular formula is C12H16NOP. The number of hydrogen-bond acceptors (Lipinski definition) is 2. The van der Waals surface area contributed by atoms with Crippen LogP contribution in [0.3, 0.4) is 0 Å². The molecule has 15 heavy (non-hydrogen) atoms. The molecule has 0 saturated carbocycles. The second-order valence-corrected chi connectivity index (χ2v) is 6.69. The van der Waals surface area contributed by atoms with E-state index in [-0.39, 0.29) is 7.92 Å². The molecule has 0 radical (unpaired) electrons. The van der Waals surface area contributed by atoms with Crippen molar-refractivity contribution in [3.8, 4) is 0 Å². The highest BCUT2D eigenvalue weighted by atomic mass is 31.1. The minimum Gasteiger partial charge on any atom is -0.299 e. The van der Waals surface area contributed by atoms with Crippen molar-refractivity contribution in [1.82, 2.24) is 4.98 Å². The largest absolute Gasteiger partial charge is 0.299 e. The summed E-state index contributed by atoms with van der Waals surface area (Å²) >= 11 is 0. The first-order chi connectivity index (χ1) is 7.27. The van der Waals surface area contributed by atoms with E-state index >= 15 is 0 Å². The van der Waals surface area contributed by atoms with E-state index in [2.05, 4.69) is 18.0 Å². The summed E-state index contributed by atoms with van der Waals surface area (Å²) in [6.45, 7) is 2.26. The molecule has 0 spiro atoms. The number of pyridine rings is 1. The normalized spacial score (nSPS) is 27.4. The molecule has 2 heterocycles. The second kappa shape index (κ2) is 4.85. The van der Waals surface area contributed by atoms with E-state index in [0.717, 1.165) is 24.4 Å². The van der Waals surface area contributed by atoms with Crippen LogP contribution in [-0.4, -0.2) is 22.6 Å². The molecule has 80 valence electrons. The molecule has 0 aromatic carbocycles. The highest BCUT2D eigenvalue weighted by Crippen LogP contribution is 2.43. The first-order valence-corrected chi connectivity index (χ1v) is 7.06. The fourth-order valence-corrected chi connectivity index (χ4v) is 4.46. The topological polar surface area (TPSA) is 30.0 Å². The van der Waals surface area contributed by atoms with Gasteiger partial charge in [0.15, 0.2) is 0 Å². The highest BCUT2D eigenvalue weighted by Gasteiger charge is 2.25. The van der Waals surface area contributed by atoms with Gasteiger partial charge in [-0.05, 0) is 38.6 Å². The van der Waals surface area contributed by atoms with Crippen molar-refractivity contribution in [2.75, 3.05) is 6.16 Å². The molecule has 2 rings (SSSR count). The maximum atomic E-state index is 11.6. The molecule has 1 unspecified atom stereocenters. The highest BCUT2D eigenvalue weighted by molar-refractivity contribution is 7.66. The molecule has 3 heteroatoms. The zero-order valence-corrected chi connectivity index (χ0v) is 9.91. The zero-order valence-electron chi connectivity index (χ0n) is 9.02. The lowest BCUT2D eigenvalue weighted by Gasteiger charge is -2.20. The quantitative estimate of drug-likeness (QED) is 0.681. The van der Waals surface area contributed by atoms with Crippen LogP contribution in [0.25, 0.3) is 0 Å². The van der Waals surface area contributed by atoms with Gasteiger partial charge < -0.3 is 0 Å². The van der Waals surface area contributed by atoms with Gasteiger partial charge >= 0.3 is 0 Å². The van der Waals surface area contributed by atoms with Gasteiger partial charge in [-0.25, -0.2) is 0 Å². The van der Waals surface area contributed by atoms with Crippen molar-refractivity contribution in [3.63, 3.8) is 0 Å². The Morgan fingerprint density at radius 2 is 2.33 bits per heavy atom. The predicted octanol–water partition coefficient (Wildman–Crippen LogP) is 2.33. The fourth-order valence-electron chi connectivity index (χ4n) is 2.01. The van der Waals surface area contributed by atoms with E-state index in [1.807, 2.05) is 18.3 Å². The molecular weight excluding hydrogens is 205 g/mol. The van der Waals surface area contributed by atoms with Crippen LogP contribution in [0.1, 0.15) is 26.2 Å². The summed E-state index contributed by atoms with van der Waals surface area (Å²) in [6, 6.07) is 6.02. The third-order valence-electron chi connectivity index (χ3n) is 2.90. The fraction of sp³-hybridized carbons (Fsp3) is 0.500. The number of rotatable bonds is 1. The van der Waals surface area contributed by atoms with E-state index in [9.17, 15) is 4.79 Å². The molecule has 1 fully saturated rings. The van der Waals surface area contributed by atoms with E-state index in [4.69, 9.17) is 0 Å². The average molecular weight is 221 g/mol. The summed E-state index contributed by atoms with van der Waals surface area (Å²) in [5.74, 6) is 0.427. The Balaban J connectivity index is 2.21. The first kappa shape index (κ1) is 10.8. The van der Waals surface area contributed by atoms with E-state index in [1.165, 1.54) is 6.42 Å². The monoisotopic (exact) mass is 221 g/mol. The molecule has 2 atom stereocenters. The lowest BCUT2D eigenvalue weighted by atomic mass is 10.2. The van der Waals surface area contributed by atoms with Crippen molar-refractivity contribution in [1.29, 1.82) is 0 Å². The summed E-state index contributed by atoms with van der Waals surface area (Å²) in [6.07, 6.45) is 5.59. The maximum absolute atomic E-state index is 11.6. The molecule has 0 N–H and O–H groups in total. The Hall–Kier alpha value is -0.750. The SMILES string of the molecule is C[C@@H]1CCCC(=O)CP1c1ccccn1. The molecule has 2 nitrogen and oxygen atoms in total. The zero-order chi connectivity index (χ0) is 10.7. The smallest absolute Gasteiger partial charge is 0.137 e. The maximum Gasteiger partial charge on any atom is 0.137 e. The van der Waals surface area contributed by atoms with Crippen molar-refractivity contribution < 1.29 is 4.79 Å². The number of Topliss-reactive ketones (excluding diaryl/α,β-unsaturated/α-hetero) is 1. The Kier molecular flexibility index (Phi) is 3.48. The summed E-state index contributed by atoms with van der Waals surface area (Å²) in [5.41, 5.74) is 1.79. The molecule has 1 aromatic rings. The van der Waals surface area contributed by atoms with Crippen LogP contribution < -0.4 is 5.44 Å². The average Bonchev–Trinajstić information content (AvgIpc) is 2.42. The van der Waals surface area contributed by atoms with Gasteiger partial charge in [0.2, 0.25) is 0 Å². The van der Waals surface area contributed by atoms with Crippen LogP contribution in [-0.2, 0) is 4.79 Å². The third kappa shape index (κ3) is 2.63. The molecule has 1 aliphatic rings. The Bertz CT molecular complexity index is 339. The Morgan fingerprint density at radius 1 is 1.47 bits per heavy atom. The van der Waals surface area contributed by atoms with Crippen LogP contribution in [0.2, 0.25) is 0 Å². The predicted molar refractivity (Wildman–Crippen MR) is 64.0 cm³/mol. The summed E-state index contributed by atoms with van der Waals surface area (Å²) in [7, 11) is -0.355. The summed E-state index contributed by atoms with van der Waals surface area (Å²) in [4.78, 5) is 16.0. The van der Waals surface area contributed by atoms with Crippen molar-refractivity contribution >= 4 is 19.1 Å². The van der Waals surface area contributed by atoms with Gasteiger partial charge in [0.05, 0.1) is 5.44 Å². The number of hydrogen-bond donors (Lipinski definition) is 0. The molecule has 0 amide bonds. The van der Waals surface area contributed by atoms with E-state index in [1.54, 1.807) is 0 Å². The lowest BCUT2D eigenvalue weighted by Crippen LogP contribution is -2.16. The standard InChI is InChI=1S/C12H16NOP/c1-10-5-4-6-11(14)9-15(10)12-7-2-3-8-13-12/h2-3,7-8,10H,4-6,9H2,1H3/t10-,15?/m1/s1. The van der Waals surface area contributed by atoms with Gasteiger partial charge in [-0.1, -0.05) is 13.0 Å². The van der Waals surface area contributed by atoms with E-state index in [0.29, 0.717) is 11.4 Å². The molecule has 0 bridgehead atoms. The summed E-state index contributed by atoms with van der Waals surface area (Å²) < 4.78 is 0. The van der Waals surface area contributed by atoms with E-state index < -0.39 is 0 Å². The molecule has 1 saturated heterocycles. The van der Waals surface area contributed by atoms with Gasteiger partial charge in [-0.3, -0.25) is 9.78 Å². The van der Waals surface area contributed by atoms with Crippen LogP contribution in [0.4, 0.5) is 0 Å². The third-order valence-corrected chi connectivity index (χ3v) is 5.77. The minimum atomic E-state index is -0.355. The minimum absolute atomic E-state index is 0.355. The summed E-state index contributed by atoms with van der Waals surface area (Å²) in [5, 5.41) is 0. The van der Waals surface area contributed by atoms with Crippen molar-refractivity contribution in [2.24, 2.45) is 0 Å². The lowest BCUT2D eigenvalue weighted by molar-refractivity contribution is -0.116. The molecule has 0 aliphatic carbocycles. The molecule has 1 aliphatic heterocycles. The van der Waals surface area contributed by atoms with Crippen LogP contribution >= 0.6 is 7.92 Å².